The van der Waals surface area contributed by atoms with Gasteiger partial charge in [-0.25, -0.2) is 14.4 Å². The summed E-state index contributed by atoms with van der Waals surface area (Å²) in [6.07, 6.45) is 0. The summed E-state index contributed by atoms with van der Waals surface area (Å²) in [5, 5.41) is 0. The Kier molecular flexibility index (Phi) is 7.36. The number of ether oxygens (including phenoxy) is 2. The fourth-order valence-corrected chi connectivity index (χ4v) is 2.06. The average molecular weight is 359 g/mol. The number of rotatable bonds is 1. The van der Waals surface area contributed by atoms with Crippen LogP contribution in [0.5, 0.6) is 0 Å². The lowest BCUT2D eigenvalue weighted by atomic mass is 10.0. The number of nitrogens with zero attached hydrogens (tertiary/aromatic N) is 2. The van der Waals surface area contributed by atoms with Crippen LogP contribution in [0.3, 0.4) is 0 Å². The maximum absolute atomic E-state index is 12.1. The quantitative estimate of drug-likeness (QED) is 0.767. The van der Waals surface area contributed by atoms with E-state index in [-0.39, 0.29) is 11.9 Å². The first kappa shape index (κ1) is 17.6. The van der Waals surface area contributed by atoms with Gasteiger partial charge in [-0.2, -0.15) is 0 Å². The maximum Gasteiger partial charge on any atom is 0.209 e. The molecule has 0 fully saturated rings. The molecule has 4 nitrogen and oxygen atoms in total. The summed E-state index contributed by atoms with van der Waals surface area (Å²) in [6.45, 7) is 4.66. The minimum absolute atomic E-state index is 0.00806. The molecule has 21 heavy (non-hydrogen) atoms. The Hall–Kier alpha value is -1.43. The maximum atomic E-state index is 12.1. The van der Waals surface area contributed by atoms with Crippen LogP contribution >= 0.6 is 15.9 Å². The van der Waals surface area contributed by atoms with Crippen LogP contribution in [0.2, 0.25) is 0 Å². The summed E-state index contributed by atoms with van der Waals surface area (Å²) in [5.41, 5.74) is 0. The van der Waals surface area contributed by atoms with E-state index in [0.717, 1.165) is 4.47 Å². The largest absolute Gasteiger partial charge is 0.483 e. The zero-order valence-electron chi connectivity index (χ0n) is 12.6. The third-order valence-corrected chi connectivity index (χ3v) is 3.26. The smallest absolute Gasteiger partial charge is 0.209 e. The van der Waals surface area contributed by atoms with E-state index < -0.39 is 0 Å². The van der Waals surface area contributed by atoms with Crippen molar-refractivity contribution in [2.75, 3.05) is 20.8 Å². The fraction of sp³-hybridized carbons (Fsp3) is 0.467. The standard InChI is InChI=1S/C9H16N2O2.C6H4BrF/c1-6(2)8-9(13-4)10-5-7(11-8)12-3;7-5-2-1-3-6(8)4-5/h6,8H,5H2,1-4H3;1-4H. The van der Waals surface area contributed by atoms with Gasteiger partial charge < -0.3 is 9.47 Å². The van der Waals surface area contributed by atoms with Crippen LogP contribution < -0.4 is 0 Å². The normalized spacial score (nSPS) is 17.4. The molecule has 0 saturated heterocycles. The Balaban J connectivity index is 0.000000235. The summed E-state index contributed by atoms with van der Waals surface area (Å²) in [6, 6.07) is 6.27. The lowest BCUT2D eigenvalue weighted by molar-refractivity contribution is 0.344. The highest BCUT2D eigenvalue weighted by Crippen LogP contribution is 2.13. The minimum Gasteiger partial charge on any atom is -0.483 e. The lowest BCUT2D eigenvalue weighted by Gasteiger charge is -2.22. The average Bonchev–Trinajstić information content (AvgIpc) is 2.46. The SMILES string of the molecule is COC1=NC(C(C)C)C(OC)=NC1.Fc1cccc(Br)c1. The van der Waals surface area contributed by atoms with Gasteiger partial charge in [0.1, 0.15) is 18.4 Å². The molecule has 116 valence electrons. The van der Waals surface area contributed by atoms with E-state index in [2.05, 4.69) is 39.8 Å². The molecule has 0 amide bonds. The highest BCUT2D eigenvalue weighted by Gasteiger charge is 2.24. The second kappa shape index (κ2) is 8.77. The van der Waals surface area contributed by atoms with Gasteiger partial charge in [-0.15, -0.1) is 0 Å². The van der Waals surface area contributed by atoms with Crippen molar-refractivity contribution in [1.29, 1.82) is 0 Å². The summed E-state index contributed by atoms with van der Waals surface area (Å²) in [4.78, 5) is 8.63. The highest BCUT2D eigenvalue weighted by atomic mass is 79.9. The van der Waals surface area contributed by atoms with Crippen LogP contribution in [0.15, 0.2) is 38.7 Å². The summed E-state index contributed by atoms with van der Waals surface area (Å²) in [5.74, 6) is 1.55. The van der Waals surface area contributed by atoms with Crippen molar-refractivity contribution in [3.63, 3.8) is 0 Å². The third kappa shape index (κ3) is 5.83. The van der Waals surface area contributed by atoms with Gasteiger partial charge >= 0.3 is 0 Å². The summed E-state index contributed by atoms with van der Waals surface area (Å²) in [7, 11) is 3.24. The molecule has 1 heterocycles. The Labute approximate surface area is 133 Å². The highest BCUT2D eigenvalue weighted by molar-refractivity contribution is 9.10. The van der Waals surface area contributed by atoms with Gasteiger partial charge in [0.15, 0.2) is 0 Å². The molecule has 0 saturated carbocycles. The Morgan fingerprint density at radius 1 is 1.29 bits per heavy atom. The first-order chi connectivity index (χ1) is 9.97. The molecule has 0 aromatic heterocycles. The topological polar surface area (TPSA) is 43.2 Å². The van der Waals surface area contributed by atoms with Gasteiger partial charge in [-0.3, -0.25) is 0 Å². The molecular formula is C15H20BrFN2O2. The number of aliphatic imine (C=N–C) groups is 2. The van der Waals surface area contributed by atoms with Gasteiger partial charge in [0, 0.05) is 4.47 Å². The predicted octanol–water partition coefficient (Wildman–Crippen LogP) is 3.70. The molecule has 0 N–H and O–H groups in total. The van der Waals surface area contributed by atoms with Crippen molar-refractivity contribution in [3.8, 4) is 0 Å². The van der Waals surface area contributed by atoms with E-state index >= 15 is 0 Å². The molecule has 1 aromatic rings. The number of hydrogen-bond donors (Lipinski definition) is 0. The van der Waals surface area contributed by atoms with E-state index in [4.69, 9.17) is 9.47 Å². The second-order valence-electron chi connectivity index (χ2n) is 4.71. The van der Waals surface area contributed by atoms with Crippen LogP contribution in [0, 0.1) is 11.7 Å². The van der Waals surface area contributed by atoms with Gasteiger partial charge in [0.2, 0.25) is 11.8 Å². The molecular weight excluding hydrogens is 339 g/mol. The molecule has 0 aliphatic carbocycles. The van der Waals surface area contributed by atoms with Gasteiger partial charge in [0.05, 0.1) is 14.2 Å². The molecule has 1 aliphatic rings. The van der Waals surface area contributed by atoms with Crippen molar-refractivity contribution in [3.05, 3.63) is 34.6 Å². The number of hydrogen-bond acceptors (Lipinski definition) is 4. The lowest BCUT2D eigenvalue weighted by Crippen LogP contribution is -2.32. The van der Waals surface area contributed by atoms with E-state index in [9.17, 15) is 4.39 Å². The fourth-order valence-electron chi connectivity index (χ4n) is 1.69. The Morgan fingerprint density at radius 2 is 2.00 bits per heavy atom. The van der Waals surface area contributed by atoms with E-state index in [0.29, 0.717) is 24.3 Å². The van der Waals surface area contributed by atoms with Gasteiger partial charge in [-0.05, 0) is 24.1 Å². The van der Waals surface area contributed by atoms with Gasteiger partial charge in [0.25, 0.3) is 0 Å². The minimum atomic E-state index is -0.209. The van der Waals surface area contributed by atoms with Crippen LogP contribution in [-0.2, 0) is 9.47 Å². The zero-order chi connectivity index (χ0) is 15.8. The van der Waals surface area contributed by atoms with E-state index in [1.807, 2.05) is 0 Å². The van der Waals surface area contributed by atoms with E-state index in [1.54, 1.807) is 26.4 Å². The first-order valence-corrected chi connectivity index (χ1v) is 7.37. The Bertz CT molecular complexity index is 501. The van der Waals surface area contributed by atoms with Crippen LogP contribution in [-0.4, -0.2) is 38.6 Å². The molecule has 6 heteroatoms. The predicted molar refractivity (Wildman–Crippen MR) is 86.5 cm³/mol. The molecule has 1 aliphatic heterocycles. The van der Waals surface area contributed by atoms with Crippen molar-refractivity contribution in [1.82, 2.24) is 0 Å². The molecule has 0 radical (unpaired) electrons. The first-order valence-electron chi connectivity index (χ1n) is 6.58. The Morgan fingerprint density at radius 3 is 2.43 bits per heavy atom. The number of halogens is 2. The van der Waals surface area contributed by atoms with Crippen LogP contribution in [0.25, 0.3) is 0 Å². The zero-order valence-corrected chi connectivity index (χ0v) is 14.2. The summed E-state index contributed by atoms with van der Waals surface area (Å²) < 4.78 is 23.1. The van der Waals surface area contributed by atoms with Crippen molar-refractivity contribution in [2.24, 2.45) is 15.9 Å². The van der Waals surface area contributed by atoms with Crippen molar-refractivity contribution >= 4 is 27.7 Å². The number of methoxy groups -OCH3 is 2. The molecule has 0 bridgehead atoms. The molecule has 0 spiro atoms. The second-order valence-corrected chi connectivity index (χ2v) is 5.63. The molecule has 1 aromatic carbocycles. The monoisotopic (exact) mass is 358 g/mol. The van der Waals surface area contributed by atoms with Crippen LogP contribution in [0.4, 0.5) is 4.39 Å². The molecule has 1 atom stereocenters. The van der Waals surface area contributed by atoms with Crippen molar-refractivity contribution < 1.29 is 13.9 Å². The molecule has 2 rings (SSSR count). The third-order valence-electron chi connectivity index (χ3n) is 2.77. The summed E-state index contributed by atoms with van der Waals surface area (Å²) >= 11 is 3.12. The number of benzene rings is 1. The van der Waals surface area contributed by atoms with Crippen molar-refractivity contribution in [2.45, 2.75) is 19.9 Å². The van der Waals surface area contributed by atoms with Gasteiger partial charge in [-0.1, -0.05) is 35.8 Å². The van der Waals surface area contributed by atoms with Crippen LogP contribution in [0.1, 0.15) is 13.8 Å². The molecule has 1 unspecified atom stereocenters. The van der Waals surface area contributed by atoms with E-state index in [1.165, 1.54) is 12.1 Å².